The van der Waals surface area contributed by atoms with Gasteiger partial charge in [0.2, 0.25) is 0 Å². The van der Waals surface area contributed by atoms with Crippen molar-refractivity contribution < 1.29 is 0 Å². The van der Waals surface area contributed by atoms with Crippen molar-refractivity contribution in [3.05, 3.63) is 17.5 Å². The molecule has 0 fully saturated rings. The predicted molar refractivity (Wildman–Crippen MR) is 60.4 cm³/mol. The molecule has 0 saturated heterocycles. The van der Waals surface area contributed by atoms with E-state index in [0.29, 0.717) is 0 Å². The van der Waals surface area contributed by atoms with Crippen LogP contribution in [0.25, 0.3) is 0 Å². The molecule has 0 N–H and O–H groups in total. The van der Waals surface area contributed by atoms with Crippen LogP contribution in [0.2, 0.25) is 0 Å². The van der Waals surface area contributed by atoms with E-state index >= 15 is 0 Å². The minimum Gasteiger partial charge on any atom is -0.269 e. The van der Waals surface area contributed by atoms with Gasteiger partial charge in [-0.1, -0.05) is 20.8 Å². The summed E-state index contributed by atoms with van der Waals surface area (Å²) in [6.07, 6.45) is 5.61. The van der Waals surface area contributed by atoms with Gasteiger partial charge in [0.25, 0.3) is 0 Å². The Labute approximate surface area is 87.3 Å². The second kappa shape index (κ2) is 5.18. The first-order chi connectivity index (χ1) is 6.65. The highest BCUT2D eigenvalue weighted by atomic mass is 15.3. The van der Waals surface area contributed by atoms with Gasteiger partial charge < -0.3 is 0 Å². The zero-order chi connectivity index (χ0) is 10.6. The van der Waals surface area contributed by atoms with Crippen molar-refractivity contribution in [1.82, 2.24) is 9.78 Å². The third-order valence-corrected chi connectivity index (χ3v) is 2.64. The lowest BCUT2D eigenvalue weighted by atomic mass is 10.1. The summed E-state index contributed by atoms with van der Waals surface area (Å²) in [4.78, 5) is 0. The molecule has 0 aliphatic heterocycles. The van der Waals surface area contributed by atoms with E-state index in [9.17, 15) is 0 Å². The molecule has 0 aromatic carbocycles. The molecule has 0 bridgehead atoms. The zero-order valence-electron chi connectivity index (χ0n) is 9.88. The molecule has 1 aromatic heterocycles. The molecule has 0 saturated carbocycles. The van der Waals surface area contributed by atoms with Crippen LogP contribution in [-0.4, -0.2) is 9.78 Å². The van der Waals surface area contributed by atoms with Crippen molar-refractivity contribution in [3.63, 3.8) is 0 Å². The quantitative estimate of drug-likeness (QED) is 0.704. The maximum Gasteiger partial charge on any atom is 0.0521 e. The normalized spacial score (nSPS) is 11.2. The van der Waals surface area contributed by atoms with Gasteiger partial charge in [-0.2, -0.15) is 5.10 Å². The fraction of sp³-hybridized carbons (Fsp3) is 0.750. The molecule has 0 radical (unpaired) electrons. The Balaban J connectivity index is 2.50. The summed E-state index contributed by atoms with van der Waals surface area (Å²) in [7, 11) is 0. The number of nitrogens with zero attached hydrogens (tertiary/aromatic N) is 2. The van der Waals surface area contributed by atoms with Crippen LogP contribution in [-0.2, 0) is 13.0 Å². The van der Waals surface area contributed by atoms with Gasteiger partial charge in [0, 0.05) is 12.2 Å². The van der Waals surface area contributed by atoms with Crippen molar-refractivity contribution in [2.24, 2.45) is 5.92 Å². The summed E-state index contributed by atoms with van der Waals surface area (Å²) < 4.78 is 2.16. The standard InChI is InChI=1S/C12H22N2/c1-5-12-11(4)9-13-14(12)8-6-7-10(2)3/h9-10H,5-8H2,1-4H3. The molecule has 1 aromatic rings. The van der Waals surface area contributed by atoms with Crippen molar-refractivity contribution in [3.8, 4) is 0 Å². The lowest BCUT2D eigenvalue weighted by Gasteiger charge is -2.08. The van der Waals surface area contributed by atoms with Gasteiger partial charge >= 0.3 is 0 Å². The van der Waals surface area contributed by atoms with E-state index < -0.39 is 0 Å². The number of rotatable bonds is 5. The summed E-state index contributed by atoms with van der Waals surface area (Å²) in [5, 5.41) is 4.40. The second-order valence-corrected chi connectivity index (χ2v) is 4.39. The molecule has 0 aliphatic carbocycles. The van der Waals surface area contributed by atoms with E-state index in [2.05, 4.69) is 37.5 Å². The van der Waals surface area contributed by atoms with E-state index in [1.54, 1.807) is 0 Å². The van der Waals surface area contributed by atoms with Crippen LogP contribution >= 0.6 is 0 Å². The van der Waals surface area contributed by atoms with Crippen molar-refractivity contribution in [2.75, 3.05) is 0 Å². The lowest BCUT2D eigenvalue weighted by Crippen LogP contribution is -2.05. The molecule has 1 heterocycles. The van der Waals surface area contributed by atoms with Crippen molar-refractivity contribution >= 4 is 0 Å². The molecule has 0 spiro atoms. The number of hydrogen-bond donors (Lipinski definition) is 0. The monoisotopic (exact) mass is 194 g/mol. The third-order valence-electron chi connectivity index (χ3n) is 2.64. The Kier molecular flexibility index (Phi) is 4.18. The van der Waals surface area contributed by atoms with Gasteiger partial charge in [-0.3, -0.25) is 4.68 Å². The van der Waals surface area contributed by atoms with E-state index in [0.717, 1.165) is 18.9 Å². The van der Waals surface area contributed by atoms with Crippen molar-refractivity contribution in [2.45, 2.75) is 53.5 Å². The first-order valence-electron chi connectivity index (χ1n) is 5.66. The Morgan fingerprint density at radius 1 is 1.43 bits per heavy atom. The van der Waals surface area contributed by atoms with Gasteiger partial charge in [0.05, 0.1) is 6.20 Å². The fourth-order valence-corrected chi connectivity index (χ4v) is 1.81. The summed E-state index contributed by atoms with van der Waals surface area (Å²) in [6, 6.07) is 0. The lowest BCUT2D eigenvalue weighted by molar-refractivity contribution is 0.481. The number of aryl methyl sites for hydroxylation is 2. The molecule has 2 nitrogen and oxygen atoms in total. The average molecular weight is 194 g/mol. The highest BCUT2D eigenvalue weighted by Gasteiger charge is 2.04. The second-order valence-electron chi connectivity index (χ2n) is 4.39. The fourth-order valence-electron chi connectivity index (χ4n) is 1.81. The molecule has 80 valence electrons. The molecule has 2 heteroatoms. The van der Waals surface area contributed by atoms with Crippen LogP contribution < -0.4 is 0 Å². The van der Waals surface area contributed by atoms with Gasteiger partial charge in [0.1, 0.15) is 0 Å². The molecule has 1 rings (SSSR count). The molecular weight excluding hydrogens is 172 g/mol. The Morgan fingerprint density at radius 3 is 2.71 bits per heavy atom. The minimum atomic E-state index is 0.803. The SMILES string of the molecule is CCc1c(C)cnn1CCCC(C)C. The first-order valence-corrected chi connectivity index (χ1v) is 5.66. The Morgan fingerprint density at radius 2 is 2.14 bits per heavy atom. The smallest absolute Gasteiger partial charge is 0.0521 e. The van der Waals surface area contributed by atoms with E-state index in [4.69, 9.17) is 0 Å². The van der Waals surface area contributed by atoms with Crippen LogP contribution in [0.5, 0.6) is 0 Å². The summed E-state index contributed by atoms with van der Waals surface area (Å²) in [5.41, 5.74) is 2.73. The Hall–Kier alpha value is -0.790. The molecule has 14 heavy (non-hydrogen) atoms. The molecule has 0 aliphatic rings. The average Bonchev–Trinajstić information content (AvgIpc) is 2.46. The molecular formula is C12H22N2. The highest BCUT2D eigenvalue weighted by Crippen LogP contribution is 2.10. The summed E-state index contributed by atoms with van der Waals surface area (Å²) in [5.74, 6) is 0.803. The van der Waals surface area contributed by atoms with Crippen LogP contribution in [0, 0.1) is 12.8 Å². The van der Waals surface area contributed by atoms with E-state index in [1.807, 2.05) is 6.20 Å². The van der Waals surface area contributed by atoms with Gasteiger partial charge in [-0.15, -0.1) is 0 Å². The maximum absolute atomic E-state index is 4.40. The number of hydrogen-bond acceptors (Lipinski definition) is 1. The van der Waals surface area contributed by atoms with Gasteiger partial charge in [-0.05, 0) is 37.7 Å². The van der Waals surface area contributed by atoms with Gasteiger partial charge in [0.15, 0.2) is 0 Å². The largest absolute Gasteiger partial charge is 0.269 e. The van der Waals surface area contributed by atoms with Gasteiger partial charge in [-0.25, -0.2) is 0 Å². The number of aromatic nitrogens is 2. The molecule has 0 amide bonds. The maximum atomic E-state index is 4.40. The summed E-state index contributed by atoms with van der Waals surface area (Å²) >= 11 is 0. The van der Waals surface area contributed by atoms with Crippen LogP contribution in [0.4, 0.5) is 0 Å². The van der Waals surface area contributed by atoms with Crippen molar-refractivity contribution in [1.29, 1.82) is 0 Å². The molecule has 0 atom stereocenters. The third kappa shape index (κ3) is 2.86. The summed E-state index contributed by atoms with van der Waals surface area (Å²) in [6.45, 7) is 9.97. The Bertz CT molecular complexity index is 274. The predicted octanol–water partition coefficient (Wildman–Crippen LogP) is 3.19. The van der Waals surface area contributed by atoms with E-state index in [1.165, 1.54) is 24.1 Å². The molecule has 0 unspecified atom stereocenters. The first kappa shape index (κ1) is 11.3. The minimum absolute atomic E-state index is 0.803. The van der Waals surface area contributed by atoms with E-state index in [-0.39, 0.29) is 0 Å². The topological polar surface area (TPSA) is 17.8 Å². The van der Waals surface area contributed by atoms with Crippen LogP contribution in [0.3, 0.4) is 0 Å². The van der Waals surface area contributed by atoms with Crippen LogP contribution in [0.1, 0.15) is 44.9 Å². The highest BCUT2D eigenvalue weighted by molar-refractivity contribution is 5.15. The van der Waals surface area contributed by atoms with Crippen LogP contribution in [0.15, 0.2) is 6.20 Å². The zero-order valence-corrected chi connectivity index (χ0v) is 9.88.